The summed E-state index contributed by atoms with van der Waals surface area (Å²) < 4.78 is 5.56. The molecule has 1 saturated heterocycles. The van der Waals surface area contributed by atoms with Crippen LogP contribution < -0.4 is 0 Å². The topological polar surface area (TPSA) is 12.5 Å². The molecular formula is C8H17NO. The monoisotopic (exact) mass is 143 g/mol. The molecule has 0 aromatic heterocycles. The first-order chi connectivity index (χ1) is 4.88. The van der Waals surface area contributed by atoms with E-state index in [1.165, 1.54) is 13.0 Å². The van der Waals surface area contributed by atoms with Gasteiger partial charge >= 0.3 is 0 Å². The molecular weight excluding hydrogens is 126 g/mol. The van der Waals surface area contributed by atoms with Gasteiger partial charge in [0.25, 0.3) is 0 Å². The maximum Gasteiger partial charge on any atom is 0.110 e. The molecule has 1 fully saturated rings. The standard InChI is InChI=1S/C8H17NO/c1-3-8-9(4-2)6-5-7-10-8/h8H,3-7H2,1-2H3/t8-/m0/s1. The summed E-state index contributed by atoms with van der Waals surface area (Å²) in [5, 5.41) is 0. The Morgan fingerprint density at radius 2 is 2.30 bits per heavy atom. The first-order valence-electron chi connectivity index (χ1n) is 4.24. The highest BCUT2D eigenvalue weighted by molar-refractivity contribution is 4.64. The Balaban J connectivity index is 2.34. The second kappa shape index (κ2) is 3.94. The highest BCUT2D eigenvalue weighted by Gasteiger charge is 2.18. The van der Waals surface area contributed by atoms with Crippen LogP contribution >= 0.6 is 0 Å². The molecule has 2 heteroatoms. The lowest BCUT2D eigenvalue weighted by Crippen LogP contribution is -2.41. The van der Waals surface area contributed by atoms with Crippen LogP contribution in [0.4, 0.5) is 0 Å². The molecule has 1 aliphatic heterocycles. The molecule has 0 radical (unpaired) electrons. The molecule has 0 bridgehead atoms. The first-order valence-corrected chi connectivity index (χ1v) is 4.24. The lowest BCUT2D eigenvalue weighted by Gasteiger charge is -2.33. The van der Waals surface area contributed by atoms with Gasteiger partial charge in [0.05, 0.1) is 0 Å². The lowest BCUT2D eigenvalue weighted by molar-refractivity contribution is -0.0938. The third-order valence-corrected chi connectivity index (χ3v) is 2.06. The van der Waals surface area contributed by atoms with Gasteiger partial charge in [-0.3, -0.25) is 4.90 Å². The van der Waals surface area contributed by atoms with E-state index in [2.05, 4.69) is 18.7 Å². The molecule has 0 amide bonds. The predicted octanol–water partition coefficient (Wildman–Crippen LogP) is 1.46. The van der Waals surface area contributed by atoms with Gasteiger partial charge in [-0.1, -0.05) is 13.8 Å². The summed E-state index contributed by atoms with van der Waals surface area (Å²) in [5.74, 6) is 0. The molecule has 0 aromatic rings. The normalized spacial score (nSPS) is 28.8. The fourth-order valence-corrected chi connectivity index (χ4v) is 1.47. The van der Waals surface area contributed by atoms with E-state index in [1.54, 1.807) is 0 Å². The molecule has 2 nitrogen and oxygen atoms in total. The molecule has 0 aliphatic carbocycles. The van der Waals surface area contributed by atoms with E-state index in [0.29, 0.717) is 6.23 Å². The van der Waals surface area contributed by atoms with E-state index < -0.39 is 0 Å². The fraction of sp³-hybridized carbons (Fsp3) is 1.00. The van der Waals surface area contributed by atoms with Crippen molar-refractivity contribution in [3.63, 3.8) is 0 Å². The maximum absolute atomic E-state index is 5.56. The van der Waals surface area contributed by atoms with Crippen molar-refractivity contribution in [1.29, 1.82) is 0 Å². The van der Waals surface area contributed by atoms with E-state index in [0.717, 1.165) is 19.6 Å². The Hall–Kier alpha value is -0.0800. The maximum atomic E-state index is 5.56. The molecule has 0 N–H and O–H groups in total. The van der Waals surface area contributed by atoms with Gasteiger partial charge in [0.2, 0.25) is 0 Å². The van der Waals surface area contributed by atoms with Crippen molar-refractivity contribution in [1.82, 2.24) is 4.90 Å². The third kappa shape index (κ3) is 1.70. The van der Waals surface area contributed by atoms with Crippen LogP contribution in [0, 0.1) is 0 Å². The van der Waals surface area contributed by atoms with Crippen molar-refractivity contribution in [2.24, 2.45) is 0 Å². The SMILES string of the molecule is CC[C@@H]1OCCCN1CC. The molecule has 0 unspecified atom stereocenters. The summed E-state index contributed by atoms with van der Waals surface area (Å²) in [6, 6.07) is 0. The van der Waals surface area contributed by atoms with Crippen molar-refractivity contribution in [2.75, 3.05) is 19.7 Å². The molecule has 0 aromatic carbocycles. The van der Waals surface area contributed by atoms with Crippen molar-refractivity contribution in [2.45, 2.75) is 32.9 Å². The van der Waals surface area contributed by atoms with Gasteiger partial charge < -0.3 is 4.74 Å². The third-order valence-electron chi connectivity index (χ3n) is 2.06. The molecule has 0 saturated carbocycles. The Morgan fingerprint density at radius 1 is 1.50 bits per heavy atom. The van der Waals surface area contributed by atoms with E-state index in [-0.39, 0.29) is 0 Å². The van der Waals surface area contributed by atoms with E-state index in [4.69, 9.17) is 4.74 Å². The highest BCUT2D eigenvalue weighted by Crippen LogP contribution is 2.11. The zero-order valence-electron chi connectivity index (χ0n) is 6.97. The zero-order chi connectivity index (χ0) is 7.40. The number of nitrogens with zero attached hydrogens (tertiary/aromatic N) is 1. The van der Waals surface area contributed by atoms with Gasteiger partial charge in [-0.2, -0.15) is 0 Å². The summed E-state index contributed by atoms with van der Waals surface area (Å²) in [5.41, 5.74) is 0. The van der Waals surface area contributed by atoms with Crippen molar-refractivity contribution >= 4 is 0 Å². The molecule has 10 heavy (non-hydrogen) atoms. The van der Waals surface area contributed by atoms with Crippen LogP contribution in [0.25, 0.3) is 0 Å². The molecule has 1 heterocycles. The first kappa shape index (κ1) is 8.02. The largest absolute Gasteiger partial charge is 0.363 e. The minimum atomic E-state index is 0.402. The summed E-state index contributed by atoms with van der Waals surface area (Å²) in [6.07, 6.45) is 2.72. The molecule has 60 valence electrons. The Kier molecular flexibility index (Phi) is 3.16. The zero-order valence-corrected chi connectivity index (χ0v) is 6.97. The van der Waals surface area contributed by atoms with Crippen LogP contribution in [-0.4, -0.2) is 30.8 Å². The molecule has 1 rings (SSSR count). The summed E-state index contributed by atoms with van der Waals surface area (Å²) in [7, 11) is 0. The van der Waals surface area contributed by atoms with E-state index in [1.807, 2.05) is 0 Å². The van der Waals surface area contributed by atoms with Gasteiger partial charge in [-0.25, -0.2) is 0 Å². The second-order valence-electron chi connectivity index (χ2n) is 2.72. The van der Waals surface area contributed by atoms with Gasteiger partial charge in [0, 0.05) is 13.2 Å². The van der Waals surface area contributed by atoms with Gasteiger partial charge in [0.1, 0.15) is 6.23 Å². The predicted molar refractivity (Wildman–Crippen MR) is 41.9 cm³/mol. The number of ether oxygens (including phenoxy) is 1. The number of hydrogen-bond donors (Lipinski definition) is 0. The summed E-state index contributed by atoms with van der Waals surface area (Å²) >= 11 is 0. The average Bonchev–Trinajstić information content (AvgIpc) is 2.04. The minimum Gasteiger partial charge on any atom is -0.363 e. The van der Waals surface area contributed by atoms with Crippen LogP contribution in [0.2, 0.25) is 0 Å². The molecule has 1 aliphatic rings. The molecule has 0 spiro atoms. The van der Waals surface area contributed by atoms with Crippen molar-refractivity contribution < 1.29 is 4.74 Å². The average molecular weight is 143 g/mol. The van der Waals surface area contributed by atoms with Crippen LogP contribution in [0.5, 0.6) is 0 Å². The number of rotatable bonds is 2. The van der Waals surface area contributed by atoms with Crippen LogP contribution in [-0.2, 0) is 4.74 Å². The van der Waals surface area contributed by atoms with Gasteiger partial charge in [0.15, 0.2) is 0 Å². The Morgan fingerprint density at radius 3 is 2.80 bits per heavy atom. The Labute approximate surface area is 63.2 Å². The minimum absolute atomic E-state index is 0.402. The smallest absolute Gasteiger partial charge is 0.110 e. The Bertz CT molecular complexity index is 83.3. The number of hydrogen-bond acceptors (Lipinski definition) is 2. The van der Waals surface area contributed by atoms with Crippen molar-refractivity contribution in [3.05, 3.63) is 0 Å². The summed E-state index contributed by atoms with van der Waals surface area (Å²) in [4.78, 5) is 2.39. The summed E-state index contributed by atoms with van der Waals surface area (Å²) in [6.45, 7) is 7.67. The molecule has 1 atom stereocenters. The van der Waals surface area contributed by atoms with E-state index >= 15 is 0 Å². The van der Waals surface area contributed by atoms with Crippen LogP contribution in [0.3, 0.4) is 0 Å². The highest BCUT2D eigenvalue weighted by atomic mass is 16.5. The quantitative estimate of drug-likeness (QED) is 0.580. The van der Waals surface area contributed by atoms with Gasteiger partial charge in [-0.15, -0.1) is 0 Å². The van der Waals surface area contributed by atoms with Gasteiger partial charge in [-0.05, 0) is 19.4 Å². The second-order valence-corrected chi connectivity index (χ2v) is 2.72. The van der Waals surface area contributed by atoms with Crippen LogP contribution in [0.1, 0.15) is 26.7 Å². The lowest BCUT2D eigenvalue weighted by atomic mass is 10.3. The van der Waals surface area contributed by atoms with Crippen LogP contribution in [0.15, 0.2) is 0 Å². The fourth-order valence-electron chi connectivity index (χ4n) is 1.47. The van der Waals surface area contributed by atoms with E-state index in [9.17, 15) is 0 Å². The van der Waals surface area contributed by atoms with Crippen molar-refractivity contribution in [3.8, 4) is 0 Å².